The van der Waals surface area contributed by atoms with E-state index in [4.69, 9.17) is 5.11 Å². The van der Waals surface area contributed by atoms with Crippen molar-refractivity contribution in [2.24, 2.45) is 5.41 Å². The Morgan fingerprint density at radius 1 is 1.57 bits per heavy atom. The molecule has 0 radical (unpaired) electrons. The van der Waals surface area contributed by atoms with Gasteiger partial charge in [-0.15, -0.1) is 0 Å². The molecule has 2 rings (SSSR count). The van der Waals surface area contributed by atoms with Crippen molar-refractivity contribution >= 4 is 11.8 Å². The molecule has 1 saturated heterocycles. The molecule has 1 unspecified atom stereocenters. The molecule has 0 amide bonds. The lowest BCUT2D eigenvalue weighted by Crippen LogP contribution is -2.47. The minimum absolute atomic E-state index is 0.0722. The Labute approximate surface area is 117 Å². The van der Waals surface area contributed by atoms with Crippen LogP contribution >= 0.6 is 0 Å². The van der Waals surface area contributed by atoms with Crippen LogP contribution in [0.25, 0.3) is 0 Å². The number of aliphatic carboxylic acids is 1. The lowest BCUT2D eigenvalue weighted by atomic mass is 9.86. The van der Waals surface area contributed by atoms with E-state index in [0.717, 1.165) is 6.07 Å². The summed E-state index contributed by atoms with van der Waals surface area (Å²) in [5.74, 6) is -1.49. The fourth-order valence-corrected chi connectivity index (χ4v) is 2.36. The molecule has 0 bridgehead atoms. The molecule has 1 atom stereocenters. The van der Waals surface area contributed by atoms with Crippen LogP contribution in [-0.4, -0.2) is 40.3 Å². The van der Waals surface area contributed by atoms with Crippen LogP contribution in [0.1, 0.15) is 19.2 Å². The number of alkyl halides is 3. The van der Waals surface area contributed by atoms with Gasteiger partial charge in [0.25, 0.3) is 5.56 Å². The number of rotatable bonds is 3. The third-order valence-electron chi connectivity index (χ3n) is 3.66. The number of hydrogen-bond acceptors (Lipinski definition) is 4. The van der Waals surface area contributed by atoms with Gasteiger partial charge in [-0.05, 0) is 6.42 Å². The first-order chi connectivity index (χ1) is 9.69. The molecule has 2 N–H and O–H groups in total. The maximum absolute atomic E-state index is 13.1. The van der Waals surface area contributed by atoms with Gasteiger partial charge in [0.15, 0.2) is 5.41 Å². The zero-order valence-corrected chi connectivity index (χ0v) is 11.2. The maximum Gasteiger partial charge on any atom is 0.406 e. The van der Waals surface area contributed by atoms with Gasteiger partial charge < -0.3 is 15.0 Å². The van der Waals surface area contributed by atoms with E-state index in [9.17, 15) is 22.8 Å². The second-order valence-electron chi connectivity index (χ2n) is 4.96. The number of aromatic nitrogens is 2. The van der Waals surface area contributed by atoms with Gasteiger partial charge in [0.2, 0.25) is 0 Å². The summed E-state index contributed by atoms with van der Waals surface area (Å²) in [5, 5.41) is 8.98. The van der Waals surface area contributed by atoms with Crippen molar-refractivity contribution in [3.05, 3.63) is 22.2 Å². The van der Waals surface area contributed by atoms with Crippen molar-refractivity contribution in [2.45, 2.75) is 25.9 Å². The molecule has 9 heteroatoms. The number of aromatic amines is 1. The van der Waals surface area contributed by atoms with Crippen molar-refractivity contribution < 1.29 is 23.1 Å². The van der Waals surface area contributed by atoms with Crippen molar-refractivity contribution in [3.8, 4) is 0 Å². The van der Waals surface area contributed by atoms with Gasteiger partial charge in [-0.25, -0.2) is 4.98 Å². The van der Waals surface area contributed by atoms with E-state index in [2.05, 4.69) is 9.97 Å². The summed E-state index contributed by atoms with van der Waals surface area (Å²) in [5.41, 5.74) is -3.29. The Morgan fingerprint density at radius 2 is 2.24 bits per heavy atom. The second-order valence-corrected chi connectivity index (χ2v) is 4.96. The van der Waals surface area contributed by atoms with E-state index < -0.39 is 36.1 Å². The Morgan fingerprint density at radius 3 is 2.71 bits per heavy atom. The number of carboxylic acids is 1. The fourth-order valence-electron chi connectivity index (χ4n) is 2.36. The summed E-state index contributed by atoms with van der Waals surface area (Å²) in [6.45, 7) is 0.875. The Kier molecular flexibility index (Phi) is 3.68. The fraction of sp³-hybridized carbons (Fsp3) is 0.583. The highest BCUT2D eigenvalue weighted by molar-refractivity contribution is 5.77. The van der Waals surface area contributed by atoms with E-state index in [1.807, 2.05) is 0 Å². The van der Waals surface area contributed by atoms with Gasteiger partial charge in [0.1, 0.15) is 11.6 Å². The van der Waals surface area contributed by atoms with Crippen molar-refractivity contribution in [3.63, 3.8) is 0 Å². The molecular weight excluding hydrogens is 291 g/mol. The van der Waals surface area contributed by atoms with E-state index >= 15 is 0 Å². The number of nitrogens with one attached hydrogen (secondary N) is 1. The molecule has 1 fully saturated rings. The van der Waals surface area contributed by atoms with Crippen LogP contribution < -0.4 is 10.5 Å². The molecule has 1 aromatic heterocycles. The third-order valence-corrected chi connectivity index (χ3v) is 3.66. The topological polar surface area (TPSA) is 86.3 Å². The Hall–Kier alpha value is -2.06. The molecule has 21 heavy (non-hydrogen) atoms. The van der Waals surface area contributed by atoms with Crippen LogP contribution in [0.15, 0.2) is 10.9 Å². The maximum atomic E-state index is 13.1. The predicted molar refractivity (Wildman–Crippen MR) is 67.2 cm³/mol. The van der Waals surface area contributed by atoms with Crippen molar-refractivity contribution in [2.75, 3.05) is 18.0 Å². The smallest absolute Gasteiger partial charge is 0.406 e. The minimum atomic E-state index is -4.86. The summed E-state index contributed by atoms with van der Waals surface area (Å²) in [7, 11) is 0. The molecule has 2 heterocycles. The largest absolute Gasteiger partial charge is 0.481 e. The first-order valence-corrected chi connectivity index (χ1v) is 6.35. The molecule has 116 valence electrons. The van der Waals surface area contributed by atoms with Crippen LogP contribution in [-0.2, 0) is 11.2 Å². The SMILES string of the molecule is CCc1nc(N2CCC(C(=O)O)(C(F)(F)F)C2)cc(=O)[nH]1. The number of hydrogen-bond donors (Lipinski definition) is 2. The van der Waals surface area contributed by atoms with E-state index in [0.29, 0.717) is 12.2 Å². The van der Waals surface area contributed by atoms with Crippen molar-refractivity contribution in [1.29, 1.82) is 0 Å². The lowest BCUT2D eigenvalue weighted by molar-refractivity contribution is -0.225. The molecule has 1 aromatic rings. The molecule has 0 aliphatic carbocycles. The van der Waals surface area contributed by atoms with Crippen LogP contribution in [0.5, 0.6) is 0 Å². The van der Waals surface area contributed by atoms with Crippen LogP contribution in [0.2, 0.25) is 0 Å². The molecular formula is C12H14F3N3O3. The van der Waals surface area contributed by atoms with Crippen LogP contribution in [0.3, 0.4) is 0 Å². The molecule has 6 nitrogen and oxygen atoms in total. The molecule has 0 spiro atoms. The van der Waals surface area contributed by atoms with Crippen LogP contribution in [0.4, 0.5) is 19.0 Å². The lowest BCUT2D eigenvalue weighted by Gasteiger charge is -2.27. The average molecular weight is 305 g/mol. The number of carbonyl (C=O) groups is 1. The zero-order chi connectivity index (χ0) is 15.8. The van der Waals surface area contributed by atoms with Gasteiger partial charge in [-0.2, -0.15) is 13.2 Å². The number of anilines is 1. The Bertz CT molecular complexity index is 614. The number of carboxylic acid groups (broad SMARTS) is 1. The summed E-state index contributed by atoms with van der Waals surface area (Å²) < 4.78 is 39.3. The Balaban J connectivity index is 2.36. The summed E-state index contributed by atoms with van der Waals surface area (Å²) >= 11 is 0. The highest BCUT2D eigenvalue weighted by Crippen LogP contribution is 2.46. The van der Waals surface area contributed by atoms with Gasteiger partial charge in [-0.3, -0.25) is 9.59 Å². The van der Waals surface area contributed by atoms with Crippen molar-refractivity contribution in [1.82, 2.24) is 9.97 Å². The van der Waals surface area contributed by atoms with Crippen LogP contribution in [0, 0.1) is 5.41 Å². The number of H-pyrrole nitrogens is 1. The first-order valence-electron chi connectivity index (χ1n) is 6.35. The molecule has 0 aromatic carbocycles. The molecule has 1 aliphatic rings. The predicted octanol–water partition coefficient (Wildman–Crippen LogP) is 1.18. The normalized spacial score (nSPS) is 22.6. The van der Waals surface area contributed by atoms with Gasteiger partial charge in [0.05, 0.1) is 0 Å². The minimum Gasteiger partial charge on any atom is -0.481 e. The van der Waals surface area contributed by atoms with E-state index in [1.165, 1.54) is 4.90 Å². The summed E-state index contributed by atoms with van der Waals surface area (Å²) in [6.07, 6.45) is -5.01. The number of halogens is 3. The summed E-state index contributed by atoms with van der Waals surface area (Å²) in [6, 6.07) is 1.08. The molecule has 1 aliphatic heterocycles. The highest BCUT2D eigenvalue weighted by Gasteiger charge is 2.63. The second kappa shape index (κ2) is 5.05. The van der Waals surface area contributed by atoms with Gasteiger partial charge >= 0.3 is 12.1 Å². The molecule has 0 saturated carbocycles. The van der Waals surface area contributed by atoms with E-state index in [-0.39, 0.29) is 12.4 Å². The van der Waals surface area contributed by atoms with E-state index in [1.54, 1.807) is 6.92 Å². The van der Waals surface area contributed by atoms with Gasteiger partial charge in [0, 0.05) is 25.6 Å². The third kappa shape index (κ3) is 2.59. The average Bonchev–Trinajstić information content (AvgIpc) is 2.83. The summed E-state index contributed by atoms with van der Waals surface area (Å²) in [4.78, 5) is 30.3. The highest BCUT2D eigenvalue weighted by atomic mass is 19.4. The first kappa shape index (κ1) is 15.3. The number of aryl methyl sites for hydroxylation is 1. The zero-order valence-electron chi connectivity index (χ0n) is 11.2. The standard InChI is InChI=1S/C12H14F3N3O3/c1-2-7-16-8(5-9(19)17-7)18-4-3-11(6-18,10(20)21)12(13,14)15/h5H,2-4,6H2,1H3,(H,20,21)(H,16,17,19). The van der Waals surface area contributed by atoms with Gasteiger partial charge in [-0.1, -0.05) is 6.92 Å². The monoisotopic (exact) mass is 305 g/mol. The quantitative estimate of drug-likeness (QED) is 0.875. The number of nitrogens with zero attached hydrogens (tertiary/aromatic N) is 2.